The number of aryl methyl sites for hydroxylation is 1. The van der Waals surface area contributed by atoms with E-state index in [1.807, 2.05) is 0 Å². The summed E-state index contributed by atoms with van der Waals surface area (Å²) in [4.78, 5) is 12.2. The summed E-state index contributed by atoms with van der Waals surface area (Å²) in [5.74, 6) is -2.80. The molecule has 0 radical (unpaired) electrons. The van der Waals surface area contributed by atoms with Crippen LogP contribution in [-0.4, -0.2) is 129 Å². The number of aliphatic hydroxyl groups excluding tert-OH is 7. The molecule has 2 heterocycles. The summed E-state index contributed by atoms with van der Waals surface area (Å²) < 4.78 is 26.2. The molecule has 2 aliphatic rings. The zero-order chi connectivity index (χ0) is 26.6. The van der Waals surface area contributed by atoms with Gasteiger partial charge in [-0.2, -0.15) is 0 Å². The van der Waals surface area contributed by atoms with E-state index in [9.17, 15) is 45.6 Å². The Morgan fingerprint density at radius 3 is 2.36 bits per heavy atom. The van der Waals surface area contributed by atoms with Crippen molar-refractivity contribution in [2.75, 3.05) is 26.9 Å². The van der Waals surface area contributed by atoms with Crippen molar-refractivity contribution in [3.8, 4) is 11.5 Å². The lowest BCUT2D eigenvalue weighted by Crippen LogP contribution is -2.62. The van der Waals surface area contributed by atoms with Crippen LogP contribution in [0.1, 0.15) is 12.0 Å². The molecule has 204 valence electrons. The van der Waals surface area contributed by atoms with E-state index in [1.165, 1.54) is 13.2 Å². The average molecular weight is 520 g/mol. The van der Waals surface area contributed by atoms with Gasteiger partial charge in [-0.1, -0.05) is 6.07 Å². The topological polar surface area (TPSA) is 225 Å². The van der Waals surface area contributed by atoms with Crippen molar-refractivity contribution >= 4 is 5.97 Å². The van der Waals surface area contributed by atoms with Crippen LogP contribution < -0.4 is 4.74 Å². The zero-order valence-corrected chi connectivity index (χ0v) is 19.4. The van der Waals surface area contributed by atoms with Gasteiger partial charge in [0.05, 0.1) is 13.7 Å². The van der Waals surface area contributed by atoms with Gasteiger partial charge in [-0.05, 0) is 24.1 Å². The lowest BCUT2D eigenvalue weighted by molar-refractivity contribution is -0.383. The monoisotopic (exact) mass is 520 g/mol. The molecule has 1 aromatic carbocycles. The fourth-order valence-corrected chi connectivity index (χ4v) is 3.99. The molecule has 2 fully saturated rings. The number of phenols is 1. The molecule has 9 atom stereocenters. The molecular weight excluding hydrogens is 488 g/mol. The second kappa shape index (κ2) is 12.0. The highest BCUT2D eigenvalue weighted by molar-refractivity contribution is 5.69. The van der Waals surface area contributed by atoms with Gasteiger partial charge in [0.1, 0.15) is 55.9 Å². The third kappa shape index (κ3) is 5.89. The van der Waals surface area contributed by atoms with Crippen LogP contribution in [0.3, 0.4) is 0 Å². The van der Waals surface area contributed by atoms with Gasteiger partial charge >= 0.3 is 5.97 Å². The normalized spacial score (nSPS) is 36.6. The van der Waals surface area contributed by atoms with Crippen LogP contribution in [0, 0.1) is 0 Å². The average Bonchev–Trinajstić information content (AvgIpc) is 3.12. The highest BCUT2D eigenvalue weighted by Crippen LogP contribution is 2.36. The van der Waals surface area contributed by atoms with Crippen LogP contribution in [0.5, 0.6) is 11.5 Å². The fraction of sp³-hybridized carbons (Fsp3) is 0.682. The second-order valence-corrected chi connectivity index (χ2v) is 8.57. The van der Waals surface area contributed by atoms with Crippen LogP contribution in [0.2, 0.25) is 0 Å². The molecule has 2 aliphatic heterocycles. The number of benzene rings is 1. The molecule has 2 saturated heterocycles. The minimum Gasteiger partial charge on any atom is -0.504 e. The third-order valence-electron chi connectivity index (χ3n) is 6.16. The molecule has 3 rings (SSSR count). The molecule has 14 heteroatoms. The van der Waals surface area contributed by atoms with E-state index in [0.717, 1.165) is 0 Å². The molecule has 14 nitrogen and oxygen atoms in total. The van der Waals surface area contributed by atoms with Gasteiger partial charge in [-0.3, -0.25) is 4.79 Å². The Bertz CT molecular complexity index is 882. The van der Waals surface area contributed by atoms with Crippen LogP contribution >= 0.6 is 0 Å². The molecule has 0 bridgehead atoms. The first-order valence-electron chi connectivity index (χ1n) is 11.2. The summed E-state index contributed by atoms with van der Waals surface area (Å²) in [5.41, 5.74) is 0.690. The Morgan fingerprint density at radius 2 is 1.75 bits per heavy atom. The first-order valence-corrected chi connectivity index (χ1v) is 11.2. The van der Waals surface area contributed by atoms with Crippen molar-refractivity contribution in [2.24, 2.45) is 0 Å². The highest BCUT2D eigenvalue weighted by Gasteiger charge is 2.58. The predicted octanol–water partition coefficient (Wildman–Crippen LogP) is -3.50. The first kappa shape index (κ1) is 28.5. The molecular formula is C22H32O14. The van der Waals surface area contributed by atoms with Crippen LogP contribution in [0.4, 0.5) is 0 Å². The first-order chi connectivity index (χ1) is 17.1. The van der Waals surface area contributed by atoms with Gasteiger partial charge in [0.15, 0.2) is 17.8 Å². The largest absolute Gasteiger partial charge is 0.504 e. The molecule has 0 amide bonds. The van der Waals surface area contributed by atoms with Gasteiger partial charge in [0.25, 0.3) is 0 Å². The number of hydrogen-bond donors (Lipinski definition) is 8. The second-order valence-electron chi connectivity index (χ2n) is 8.57. The van der Waals surface area contributed by atoms with Crippen molar-refractivity contribution in [3.63, 3.8) is 0 Å². The van der Waals surface area contributed by atoms with Crippen molar-refractivity contribution < 1.29 is 69.3 Å². The number of methoxy groups -OCH3 is 1. The summed E-state index contributed by atoms with van der Waals surface area (Å²) in [5, 5.41) is 79.7. The van der Waals surface area contributed by atoms with E-state index in [0.29, 0.717) is 5.56 Å². The van der Waals surface area contributed by atoms with Crippen LogP contribution in [0.25, 0.3) is 0 Å². The van der Waals surface area contributed by atoms with E-state index in [4.69, 9.17) is 23.7 Å². The van der Waals surface area contributed by atoms with Gasteiger partial charge in [0.2, 0.25) is 5.79 Å². The Labute approximate surface area is 205 Å². The maximum Gasteiger partial charge on any atom is 0.306 e. The predicted molar refractivity (Wildman–Crippen MR) is 115 cm³/mol. The van der Waals surface area contributed by atoms with E-state index in [1.54, 1.807) is 12.1 Å². The fourth-order valence-electron chi connectivity index (χ4n) is 3.99. The van der Waals surface area contributed by atoms with Crippen LogP contribution in [0.15, 0.2) is 18.2 Å². The Hall–Kier alpha value is -2.11. The summed E-state index contributed by atoms with van der Waals surface area (Å²) in [6.45, 7) is -2.27. The number of carbonyl (C=O) groups is 1. The summed E-state index contributed by atoms with van der Waals surface area (Å²) in [7, 11) is 1.39. The molecule has 0 aliphatic carbocycles. The van der Waals surface area contributed by atoms with E-state index in [2.05, 4.69) is 0 Å². The lowest BCUT2D eigenvalue weighted by atomic mass is 9.99. The smallest absolute Gasteiger partial charge is 0.306 e. The molecule has 0 saturated carbocycles. The van der Waals surface area contributed by atoms with E-state index in [-0.39, 0.29) is 24.3 Å². The van der Waals surface area contributed by atoms with Crippen LogP contribution in [-0.2, 0) is 30.2 Å². The zero-order valence-electron chi connectivity index (χ0n) is 19.4. The van der Waals surface area contributed by atoms with E-state index < -0.39 is 80.6 Å². The number of ether oxygens (including phenoxy) is 5. The molecule has 36 heavy (non-hydrogen) atoms. The minimum atomic E-state index is -2.31. The van der Waals surface area contributed by atoms with E-state index >= 15 is 0 Å². The van der Waals surface area contributed by atoms with Crippen molar-refractivity contribution in [1.82, 2.24) is 0 Å². The molecule has 8 N–H and O–H groups in total. The molecule has 0 unspecified atom stereocenters. The van der Waals surface area contributed by atoms with Crippen molar-refractivity contribution in [3.05, 3.63) is 23.8 Å². The Balaban J connectivity index is 1.59. The number of phenolic OH excluding ortho intramolecular Hbond substituents is 1. The number of rotatable bonds is 10. The third-order valence-corrected chi connectivity index (χ3v) is 6.16. The van der Waals surface area contributed by atoms with Gasteiger partial charge in [0, 0.05) is 6.42 Å². The molecule has 0 aromatic heterocycles. The SMILES string of the molecule is COc1cc(CCC(=O)OC[C@H]2O[C@H](O[C@]3(CO)O[C@H](CO)[C@@H](O)[C@@H]3O)[C@H](O)[C@@H](O)[C@@H]2O)ccc1O. The number of hydrogen-bond acceptors (Lipinski definition) is 14. The quantitative estimate of drug-likeness (QED) is 0.140. The maximum atomic E-state index is 12.2. The number of aromatic hydroxyl groups is 1. The number of carbonyl (C=O) groups excluding carboxylic acids is 1. The molecule has 1 aromatic rings. The standard InChI is InChI=1S/C22H32O14/c1-32-12-6-10(2-4-11(12)25)3-5-15(26)33-8-14-16(27)18(29)19(30)21(34-14)36-22(9-24)20(31)17(28)13(7-23)35-22/h2,4,6,13-14,16-21,23-25,27-31H,3,5,7-9H2,1H3/t13-,14-,16-,17-,18+,19-,20+,21-,22+/m1/s1. The number of aliphatic hydroxyl groups is 7. The van der Waals surface area contributed by atoms with Gasteiger partial charge < -0.3 is 64.5 Å². The Morgan fingerprint density at radius 1 is 1.03 bits per heavy atom. The minimum absolute atomic E-state index is 0.0512. The highest BCUT2D eigenvalue weighted by atomic mass is 16.8. The van der Waals surface area contributed by atoms with Crippen molar-refractivity contribution in [1.29, 1.82) is 0 Å². The summed E-state index contributed by atoms with van der Waals surface area (Å²) in [6.07, 6.45) is -13.2. The lowest BCUT2D eigenvalue weighted by Gasteiger charge is -2.43. The summed E-state index contributed by atoms with van der Waals surface area (Å²) >= 11 is 0. The van der Waals surface area contributed by atoms with Crippen molar-refractivity contribution in [2.45, 2.75) is 67.6 Å². The molecule has 0 spiro atoms. The van der Waals surface area contributed by atoms with Gasteiger partial charge in [-0.25, -0.2) is 0 Å². The number of esters is 1. The Kier molecular flexibility index (Phi) is 9.45. The summed E-state index contributed by atoms with van der Waals surface area (Å²) in [6, 6.07) is 4.59. The maximum absolute atomic E-state index is 12.2. The van der Waals surface area contributed by atoms with Gasteiger partial charge in [-0.15, -0.1) is 0 Å².